The summed E-state index contributed by atoms with van der Waals surface area (Å²) in [5.41, 5.74) is 0. The van der Waals surface area contributed by atoms with Crippen LogP contribution in [0.2, 0.25) is 0 Å². The zero-order valence-electron chi connectivity index (χ0n) is 12.6. The average Bonchev–Trinajstić information content (AvgIpc) is 3.24. The molecule has 2 saturated heterocycles. The maximum absolute atomic E-state index is 5.96. The van der Waals surface area contributed by atoms with Crippen molar-refractivity contribution in [1.29, 1.82) is 0 Å². The van der Waals surface area contributed by atoms with Crippen LogP contribution in [0.15, 0.2) is 4.52 Å². The lowest BCUT2D eigenvalue weighted by molar-refractivity contribution is -0.0548. The van der Waals surface area contributed by atoms with E-state index >= 15 is 0 Å². The van der Waals surface area contributed by atoms with E-state index in [1.165, 1.54) is 32.2 Å². The molecule has 0 spiro atoms. The van der Waals surface area contributed by atoms with E-state index in [1.54, 1.807) is 0 Å². The number of morpholine rings is 1. The van der Waals surface area contributed by atoms with Crippen LogP contribution < -0.4 is 5.32 Å². The first-order chi connectivity index (χ1) is 10.3. The van der Waals surface area contributed by atoms with Gasteiger partial charge < -0.3 is 14.6 Å². The highest BCUT2D eigenvalue weighted by Crippen LogP contribution is 2.35. The van der Waals surface area contributed by atoms with Crippen molar-refractivity contribution in [2.24, 2.45) is 0 Å². The number of nitrogens with one attached hydrogen (secondary N) is 1. The van der Waals surface area contributed by atoms with Gasteiger partial charge in [-0.25, -0.2) is 0 Å². The van der Waals surface area contributed by atoms with Crippen molar-refractivity contribution in [1.82, 2.24) is 20.4 Å². The van der Waals surface area contributed by atoms with Gasteiger partial charge in [-0.3, -0.25) is 4.90 Å². The summed E-state index contributed by atoms with van der Waals surface area (Å²) in [6.45, 7) is 2.89. The Bertz CT molecular complexity index is 492. The molecule has 6 heteroatoms. The van der Waals surface area contributed by atoms with E-state index < -0.39 is 0 Å². The number of hydrogen-bond donors (Lipinski definition) is 1. The average molecular weight is 292 g/mol. The van der Waals surface area contributed by atoms with Gasteiger partial charge >= 0.3 is 0 Å². The Balaban J connectivity index is 1.47. The Hall–Kier alpha value is -0.980. The number of rotatable bonds is 3. The van der Waals surface area contributed by atoms with E-state index in [9.17, 15) is 0 Å². The molecule has 1 saturated carbocycles. The first-order valence-electron chi connectivity index (χ1n) is 8.21. The van der Waals surface area contributed by atoms with Crippen molar-refractivity contribution in [2.75, 3.05) is 26.7 Å². The van der Waals surface area contributed by atoms with E-state index in [2.05, 4.69) is 20.4 Å². The monoisotopic (exact) mass is 292 g/mol. The Morgan fingerprint density at radius 2 is 2.19 bits per heavy atom. The molecule has 21 heavy (non-hydrogen) atoms. The van der Waals surface area contributed by atoms with Gasteiger partial charge in [-0.1, -0.05) is 11.6 Å². The van der Waals surface area contributed by atoms with Crippen molar-refractivity contribution in [3.8, 4) is 0 Å². The summed E-state index contributed by atoms with van der Waals surface area (Å²) < 4.78 is 11.5. The lowest BCUT2D eigenvalue weighted by Gasteiger charge is -2.33. The maximum atomic E-state index is 5.96. The molecule has 4 unspecified atom stereocenters. The third-order valence-electron chi connectivity index (χ3n) is 5.34. The molecule has 6 nitrogen and oxygen atoms in total. The molecule has 4 rings (SSSR count). The van der Waals surface area contributed by atoms with E-state index in [0.29, 0.717) is 18.0 Å². The van der Waals surface area contributed by atoms with Gasteiger partial charge in [-0.15, -0.1) is 0 Å². The van der Waals surface area contributed by atoms with Crippen LogP contribution in [-0.2, 0) is 4.74 Å². The fourth-order valence-corrected chi connectivity index (χ4v) is 4.10. The molecule has 3 heterocycles. The molecular formula is C15H24N4O2. The van der Waals surface area contributed by atoms with Crippen molar-refractivity contribution in [2.45, 2.75) is 56.2 Å². The Labute approximate surface area is 125 Å². The predicted octanol–water partition coefficient (Wildman–Crippen LogP) is 1.46. The third kappa shape index (κ3) is 2.49. The zero-order valence-corrected chi connectivity index (χ0v) is 12.6. The van der Waals surface area contributed by atoms with Gasteiger partial charge in [0.25, 0.3) is 0 Å². The molecule has 1 aromatic rings. The SMILES string of the molecule is CNC1CCCC1c1nc(C2CN3CCCC3CO2)no1. The predicted molar refractivity (Wildman–Crippen MR) is 77.0 cm³/mol. The molecule has 3 aliphatic rings. The highest BCUT2D eigenvalue weighted by Gasteiger charge is 2.36. The fraction of sp³-hybridized carbons (Fsp3) is 0.867. The second kappa shape index (κ2) is 5.66. The van der Waals surface area contributed by atoms with Gasteiger partial charge in [-0.05, 0) is 39.3 Å². The number of hydrogen-bond acceptors (Lipinski definition) is 6. The van der Waals surface area contributed by atoms with Crippen LogP contribution in [0.4, 0.5) is 0 Å². The molecule has 2 aliphatic heterocycles. The van der Waals surface area contributed by atoms with Gasteiger partial charge in [-0.2, -0.15) is 4.98 Å². The molecule has 116 valence electrons. The molecule has 0 radical (unpaired) electrons. The van der Waals surface area contributed by atoms with E-state index in [1.807, 2.05) is 7.05 Å². The number of aromatic nitrogens is 2. The van der Waals surface area contributed by atoms with Crippen LogP contribution in [-0.4, -0.2) is 53.9 Å². The van der Waals surface area contributed by atoms with Gasteiger partial charge in [0.2, 0.25) is 11.7 Å². The normalized spacial score (nSPS) is 37.0. The van der Waals surface area contributed by atoms with Crippen LogP contribution in [0.3, 0.4) is 0 Å². The van der Waals surface area contributed by atoms with E-state index in [4.69, 9.17) is 9.26 Å². The second-order valence-electron chi connectivity index (χ2n) is 6.54. The second-order valence-corrected chi connectivity index (χ2v) is 6.54. The largest absolute Gasteiger partial charge is 0.367 e. The molecule has 0 amide bonds. The van der Waals surface area contributed by atoms with Crippen molar-refractivity contribution < 1.29 is 9.26 Å². The van der Waals surface area contributed by atoms with E-state index in [0.717, 1.165) is 31.3 Å². The minimum Gasteiger partial charge on any atom is -0.367 e. The number of nitrogens with zero attached hydrogens (tertiary/aromatic N) is 3. The molecular weight excluding hydrogens is 268 g/mol. The summed E-state index contributed by atoms with van der Waals surface area (Å²) in [5.74, 6) is 1.88. The molecule has 1 aromatic heterocycles. The lowest BCUT2D eigenvalue weighted by Crippen LogP contribution is -2.42. The number of likely N-dealkylation sites (N-methyl/N-ethyl adjacent to an activating group) is 1. The summed E-state index contributed by atoms with van der Waals surface area (Å²) in [4.78, 5) is 7.17. The summed E-state index contributed by atoms with van der Waals surface area (Å²) >= 11 is 0. The third-order valence-corrected chi connectivity index (χ3v) is 5.34. The lowest BCUT2D eigenvalue weighted by atomic mass is 10.0. The first kappa shape index (κ1) is 13.7. The molecule has 3 fully saturated rings. The molecule has 4 atom stereocenters. The first-order valence-corrected chi connectivity index (χ1v) is 8.21. The Kier molecular flexibility index (Phi) is 3.69. The highest BCUT2D eigenvalue weighted by molar-refractivity contribution is 5.05. The summed E-state index contributed by atoms with van der Waals surface area (Å²) in [6.07, 6.45) is 6.07. The minimum atomic E-state index is -0.0220. The van der Waals surface area contributed by atoms with Crippen molar-refractivity contribution in [3.63, 3.8) is 0 Å². The Morgan fingerprint density at radius 3 is 3.10 bits per heavy atom. The van der Waals surface area contributed by atoms with Crippen LogP contribution >= 0.6 is 0 Å². The van der Waals surface area contributed by atoms with Gasteiger partial charge in [0.1, 0.15) is 6.10 Å². The summed E-state index contributed by atoms with van der Waals surface area (Å²) in [5, 5.41) is 7.57. The topological polar surface area (TPSA) is 63.4 Å². The fourth-order valence-electron chi connectivity index (χ4n) is 4.10. The molecule has 0 aromatic carbocycles. The Morgan fingerprint density at radius 1 is 1.24 bits per heavy atom. The van der Waals surface area contributed by atoms with Gasteiger partial charge in [0.15, 0.2) is 0 Å². The summed E-state index contributed by atoms with van der Waals surface area (Å²) in [6, 6.07) is 1.07. The van der Waals surface area contributed by atoms with Crippen LogP contribution in [0, 0.1) is 0 Å². The smallest absolute Gasteiger partial charge is 0.231 e. The highest BCUT2D eigenvalue weighted by atomic mass is 16.5. The van der Waals surface area contributed by atoms with Gasteiger partial charge in [0.05, 0.1) is 12.5 Å². The van der Waals surface area contributed by atoms with Crippen LogP contribution in [0.1, 0.15) is 55.8 Å². The summed E-state index contributed by atoms with van der Waals surface area (Å²) in [7, 11) is 2.01. The quantitative estimate of drug-likeness (QED) is 0.910. The van der Waals surface area contributed by atoms with Crippen molar-refractivity contribution >= 4 is 0 Å². The minimum absolute atomic E-state index is 0.0220. The van der Waals surface area contributed by atoms with Gasteiger partial charge in [0, 0.05) is 18.6 Å². The maximum Gasteiger partial charge on any atom is 0.231 e. The van der Waals surface area contributed by atoms with Crippen LogP contribution in [0.25, 0.3) is 0 Å². The van der Waals surface area contributed by atoms with Crippen molar-refractivity contribution in [3.05, 3.63) is 11.7 Å². The van der Waals surface area contributed by atoms with E-state index in [-0.39, 0.29) is 6.10 Å². The van der Waals surface area contributed by atoms with Crippen LogP contribution in [0.5, 0.6) is 0 Å². The molecule has 1 N–H and O–H groups in total. The molecule has 1 aliphatic carbocycles. The zero-order chi connectivity index (χ0) is 14.2. The molecule has 0 bridgehead atoms. The number of ether oxygens (including phenoxy) is 1. The standard InChI is InChI=1S/C15H24N4O2/c1-16-12-6-2-5-11(12)15-17-14(18-21-15)13-8-19-7-3-4-10(19)9-20-13/h10-13,16H,2-9H2,1H3. The number of fused-ring (bicyclic) bond motifs is 1.